The number of ether oxygens (including phenoxy) is 1. The molecule has 1 aliphatic carbocycles. The molecule has 0 amide bonds. The number of benzene rings is 1. The van der Waals surface area contributed by atoms with Crippen molar-refractivity contribution < 1.29 is 4.74 Å². The molecular formula is C17H24Br2O. The van der Waals surface area contributed by atoms with E-state index >= 15 is 0 Å². The van der Waals surface area contributed by atoms with Crippen LogP contribution in [0.1, 0.15) is 56.8 Å². The van der Waals surface area contributed by atoms with Gasteiger partial charge in [-0.05, 0) is 64.7 Å². The number of hydrogen-bond acceptors (Lipinski definition) is 1. The Morgan fingerprint density at radius 1 is 1.35 bits per heavy atom. The van der Waals surface area contributed by atoms with E-state index in [0.717, 1.165) is 10.2 Å². The second kappa shape index (κ2) is 6.83. The predicted octanol–water partition coefficient (Wildman–Crippen LogP) is 6.50. The third-order valence-electron chi connectivity index (χ3n) is 4.52. The Kier molecular flexibility index (Phi) is 5.58. The summed E-state index contributed by atoms with van der Waals surface area (Å²) in [5.41, 5.74) is 1.76. The molecule has 0 heterocycles. The fourth-order valence-corrected chi connectivity index (χ4v) is 5.03. The number of rotatable bonds is 4. The van der Waals surface area contributed by atoms with Gasteiger partial charge in [-0.3, -0.25) is 0 Å². The summed E-state index contributed by atoms with van der Waals surface area (Å²) in [4.78, 5) is 0.421. The van der Waals surface area contributed by atoms with Crippen LogP contribution in [0.5, 0.6) is 5.75 Å². The SMILES string of the molecule is CCOc1ccc(C(Br)C2CCCCC2(C)C)cc1Br. The normalized spacial score (nSPS) is 23.4. The van der Waals surface area contributed by atoms with Crippen LogP contribution in [0.25, 0.3) is 0 Å². The smallest absolute Gasteiger partial charge is 0.133 e. The monoisotopic (exact) mass is 402 g/mol. The van der Waals surface area contributed by atoms with Crippen LogP contribution in [0.2, 0.25) is 0 Å². The molecule has 2 unspecified atom stereocenters. The number of alkyl halides is 1. The van der Waals surface area contributed by atoms with Crippen molar-refractivity contribution in [1.82, 2.24) is 0 Å². The zero-order valence-electron chi connectivity index (χ0n) is 12.6. The van der Waals surface area contributed by atoms with Crippen molar-refractivity contribution in [2.75, 3.05) is 6.61 Å². The molecule has 1 aliphatic rings. The van der Waals surface area contributed by atoms with E-state index in [-0.39, 0.29) is 0 Å². The first kappa shape index (κ1) is 16.4. The lowest BCUT2D eigenvalue weighted by atomic mass is 9.67. The minimum absolute atomic E-state index is 0.414. The summed E-state index contributed by atoms with van der Waals surface area (Å²) < 4.78 is 6.65. The van der Waals surface area contributed by atoms with Crippen LogP contribution in [-0.2, 0) is 0 Å². The van der Waals surface area contributed by atoms with Gasteiger partial charge < -0.3 is 4.74 Å². The maximum absolute atomic E-state index is 5.60. The van der Waals surface area contributed by atoms with E-state index in [0.29, 0.717) is 22.8 Å². The van der Waals surface area contributed by atoms with Crippen LogP contribution < -0.4 is 4.74 Å². The second-order valence-electron chi connectivity index (χ2n) is 6.37. The highest BCUT2D eigenvalue weighted by atomic mass is 79.9. The Morgan fingerprint density at radius 3 is 2.70 bits per heavy atom. The number of halogens is 2. The molecule has 1 aromatic rings. The molecule has 112 valence electrons. The molecule has 0 N–H and O–H groups in total. The molecule has 20 heavy (non-hydrogen) atoms. The highest BCUT2D eigenvalue weighted by Crippen LogP contribution is 2.50. The van der Waals surface area contributed by atoms with Crippen molar-refractivity contribution >= 4 is 31.9 Å². The summed E-state index contributed by atoms with van der Waals surface area (Å²) in [6, 6.07) is 6.47. The zero-order chi connectivity index (χ0) is 14.8. The second-order valence-corrected chi connectivity index (χ2v) is 8.21. The predicted molar refractivity (Wildman–Crippen MR) is 92.7 cm³/mol. The van der Waals surface area contributed by atoms with Crippen LogP contribution in [-0.4, -0.2) is 6.61 Å². The van der Waals surface area contributed by atoms with Crippen molar-refractivity contribution in [2.45, 2.75) is 51.3 Å². The summed E-state index contributed by atoms with van der Waals surface area (Å²) in [5, 5.41) is 0. The third kappa shape index (κ3) is 3.59. The van der Waals surface area contributed by atoms with Crippen molar-refractivity contribution in [3.05, 3.63) is 28.2 Å². The van der Waals surface area contributed by atoms with Gasteiger partial charge >= 0.3 is 0 Å². The average molecular weight is 404 g/mol. The lowest BCUT2D eigenvalue weighted by Gasteiger charge is -2.41. The highest BCUT2D eigenvalue weighted by Gasteiger charge is 2.37. The minimum atomic E-state index is 0.414. The van der Waals surface area contributed by atoms with Gasteiger partial charge in [0.2, 0.25) is 0 Å². The Bertz CT molecular complexity index is 456. The topological polar surface area (TPSA) is 9.23 Å². The molecule has 1 saturated carbocycles. The zero-order valence-corrected chi connectivity index (χ0v) is 15.8. The van der Waals surface area contributed by atoms with Crippen molar-refractivity contribution in [1.29, 1.82) is 0 Å². The summed E-state index contributed by atoms with van der Waals surface area (Å²) >= 11 is 7.58. The Balaban J connectivity index is 2.20. The van der Waals surface area contributed by atoms with Crippen molar-refractivity contribution in [3.8, 4) is 5.75 Å². The third-order valence-corrected chi connectivity index (χ3v) is 6.30. The summed E-state index contributed by atoms with van der Waals surface area (Å²) in [5.74, 6) is 1.62. The largest absolute Gasteiger partial charge is 0.493 e. The Labute approximate surface area is 139 Å². The van der Waals surface area contributed by atoms with Gasteiger partial charge in [-0.15, -0.1) is 0 Å². The first-order chi connectivity index (χ1) is 9.45. The van der Waals surface area contributed by atoms with E-state index < -0.39 is 0 Å². The molecule has 0 spiro atoms. The molecular weight excluding hydrogens is 380 g/mol. The van der Waals surface area contributed by atoms with Crippen LogP contribution >= 0.6 is 31.9 Å². The van der Waals surface area contributed by atoms with Gasteiger partial charge in [0.05, 0.1) is 11.1 Å². The maximum Gasteiger partial charge on any atom is 0.133 e. The molecule has 1 fully saturated rings. The highest BCUT2D eigenvalue weighted by molar-refractivity contribution is 9.10. The molecule has 0 aliphatic heterocycles. The number of hydrogen-bond donors (Lipinski definition) is 0. The fourth-order valence-electron chi connectivity index (χ4n) is 3.26. The van der Waals surface area contributed by atoms with Crippen LogP contribution in [0.15, 0.2) is 22.7 Å². The van der Waals surface area contributed by atoms with E-state index in [1.54, 1.807) is 0 Å². The van der Waals surface area contributed by atoms with Gasteiger partial charge in [-0.25, -0.2) is 0 Å². The lowest BCUT2D eigenvalue weighted by molar-refractivity contribution is 0.136. The fraction of sp³-hybridized carbons (Fsp3) is 0.647. The van der Waals surface area contributed by atoms with E-state index in [9.17, 15) is 0 Å². The molecule has 0 radical (unpaired) electrons. The van der Waals surface area contributed by atoms with Crippen LogP contribution in [0, 0.1) is 11.3 Å². The average Bonchev–Trinajstić information content (AvgIpc) is 2.40. The van der Waals surface area contributed by atoms with Crippen LogP contribution in [0.4, 0.5) is 0 Å². The summed E-state index contributed by atoms with van der Waals surface area (Å²) in [7, 11) is 0. The van der Waals surface area contributed by atoms with Crippen LogP contribution in [0.3, 0.4) is 0 Å². The van der Waals surface area contributed by atoms with Gasteiger partial charge in [0.1, 0.15) is 5.75 Å². The van der Waals surface area contributed by atoms with E-state index in [2.05, 4.69) is 63.9 Å². The van der Waals surface area contributed by atoms with E-state index in [1.165, 1.54) is 31.2 Å². The standard InChI is InChI=1S/C17H24Br2O/c1-4-20-15-9-8-12(11-14(15)18)16(19)13-7-5-6-10-17(13,2)3/h8-9,11,13,16H,4-7,10H2,1-3H3. The van der Waals surface area contributed by atoms with Gasteiger partial charge in [-0.2, -0.15) is 0 Å². The van der Waals surface area contributed by atoms with Gasteiger partial charge in [-0.1, -0.05) is 48.7 Å². The van der Waals surface area contributed by atoms with E-state index in [1.807, 2.05) is 6.92 Å². The van der Waals surface area contributed by atoms with E-state index in [4.69, 9.17) is 4.74 Å². The molecule has 2 rings (SSSR count). The minimum Gasteiger partial charge on any atom is -0.493 e. The molecule has 0 aromatic heterocycles. The van der Waals surface area contributed by atoms with Gasteiger partial charge in [0.15, 0.2) is 0 Å². The molecule has 3 heteroatoms. The molecule has 0 bridgehead atoms. The Morgan fingerprint density at radius 2 is 2.10 bits per heavy atom. The summed E-state index contributed by atoms with van der Waals surface area (Å²) in [6.07, 6.45) is 5.37. The molecule has 1 nitrogen and oxygen atoms in total. The first-order valence-electron chi connectivity index (χ1n) is 7.52. The van der Waals surface area contributed by atoms with Crippen molar-refractivity contribution in [2.24, 2.45) is 11.3 Å². The quantitative estimate of drug-likeness (QED) is 0.521. The van der Waals surface area contributed by atoms with Gasteiger partial charge in [0, 0.05) is 4.83 Å². The molecule has 1 aromatic carbocycles. The van der Waals surface area contributed by atoms with Crippen molar-refractivity contribution in [3.63, 3.8) is 0 Å². The van der Waals surface area contributed by atoms with Gasteiger partial charge in [0.25, 0.3) is 0 Å². The maximum atomic E-state index is 5.60. The lowest BCUT2D eigenvalue weighted by Crippen LogP contribution is -2.30. The molecule has 2 atom stereocenters. The molecule has 0 saturated heterocycles. The summed E-state index contributed by atoms with van der Waals surface area (Å²) in [6.45, 7) is 7.53. The first-order valence-corrected chi connectivity index (χ1v) is 9.23. The Hall–Kier alpha value is -0.0200.